The Hall–Kier alpha value is -1.95. The minimum atomic E-state index is -0.952. The zero-order valence-electron chi connectivity index (χ0n) is 11.0. The molecule has 1 aromatic rings. The van der Waals surface area contributed by atoms with E-state index in [2.05, 4.69) is 15.8 Å². The monoisotopic (exact) mass is 291 g/mol. The van der Waals surface area contributed by atoms with Gasteiger partial charge in [-0.25, -0.2) is 4.79 Å². The Kier molecular flexibility index (Phi) is 5.06. The predicted molar refractivity (Wildman–Crippen MR) is 82.1 cm³/mol. The van der Waals surface area contributed by atoms with Gasteiger partial charge in [0.2, 0.25) is 0 Å². The largest absolute Gasteiger partial charge is 0.478 e. The van der Waals surface area contributed by atoms with Crippen LogP contribution in [0.5, 0.6) is 0 Å². The lowest BCUT2D eigenvalue weighted by Crippen LogP contribution is -2.38. The number of nitrogens with zero attached hydrogens (tertiary/aromatic N) is 1. The fourth-order valence-electron chi connectivity index (χ4n) is 2.21. The maximum Gasteiger partial charge on any atom is 0.335 e. The third-order valence-electron chi connectivity index (χ3n) is 3.20. The number of benzene rings is 1. The number of rotatable bonds is 4. The minimum absolute atomic E-state index is 0.237. The number of carboxylic acids is 1. The second kappa shape index (κ2) is 7.00. The highest BCUT2D eigenvalue weighted by molar-refractivity contribution is 7.80. The first kappa shape index (κ1) is 14.5. The normalized spacial score (nSPS) is 15.4. The summed E-state index contributed by atoms with van der Waals surface area (Å²) in [5.41, 5.74) is 3.70. The summed E-state index contributed by atoms with van der Waals surface area (Å²) < 4.78 is 0. The molecule has 0 atom stereocenters. The zero-order chi connectivity index (χ0) is 14.4. The van der Waals surface area contributed by atoms with Crippen LogP contribution in [0.2, 0.25) is 0 Å². The number of carboxylic acid groups (broad SMARTS) is 1. The highest BCUT2D eigenvalue weighted by Crippen LogP contribution is 2.17. The van der Waals surface area contributed by atoms with Crippen molar-refractivity contribution in [2.75, 3.05) is 0 Å². The van der Waals surface area contributed by atoms with Crippen LogP contribution in [0, 0.1) is 0 Å². The topological polar surface area (TPSA) is 73.7 Å². The third kappa shape index (κ3) is 4.31. The van der Waals surface area contributed by atoms with Gasteiger partial charge in [0.05, 0.1) is 11.8 Å². The summed E-state index contributed by atoms with van der Waals surface area (Å²) in [4.78, 5) is 10.8. The van der Waals surface area contributed by atoms with Crippen molar-refractivity contribution < 1.29 is 9.90 Å². The molecule has 0 amide bonds. The van der Waals surface area contributed by atoms with Crippen LogP contribution in [0.15, 0.2) is 29.4 Å². The third-order valence-corrected chi connectivity index (χ3v) is 3.41. The van der Waals surface area contributed by atoms with E-state index in [0.717, 1.165) is 12.8 Å². The van der Waals surface area contributed by atoms with Crippen LogP contribution >= 0.6 is 12.2 Å². The van der Waals surface area contributed by atoms with Crippen molar-refractivity contribution in [3.05, 3.63) is 35.4 Å². The van der Waals surface area contributed by atoms with E-state index in [9.17, 15) is 4.79 Å². The lowest BCUT2D eigenvalue weighted by Gasteiger charge is -2.12. The lowest BCUT2D eigenvalue weighted by atomic mass is 10.1. The number of hydrogen-bond donors (Lipinski definition) is 3. The number of hydrogen-bond acceptors (Lipinski definition) is 3. The standard InChI is InChI=1S/C14H17N3O2S/c18-13(19)11-5-3-4-10(8-11)9-15-17-14(20)16-12-6-1-2-7-12/h3-5,8-9,12H,1-2,6-7H2,(H,18,19)(H2,16,17,20)/b15-9+. The van der Waals surface area contributed by atoms with E-state index in [-0.39, 0.29) is 5.56 Å². The number of aromatic carboxylic acids is 1. The first-order chi connectivity index (χ1) is 9.65. The molecule has 0 bridgehead atoms. The quantitative estimate of drug-likeness (QED) is 0.450. The Morgan fingerprint density at radius 2 is 2.15 bits per heavy atom. The van der Waals surface area contributed by atoms with Gasteiger partial charge in [-0.1, -0.05) is 25.0 Å². The van der Waals surface area contributed by atoms with Gasteiger partial charge in [-0.3, -0.25) is 5.43 Å². The summed E-state index contributed by atoms with van der Waals surface area (Å²) in [5.74, 6) is -0.952. The molecule has 0 saturated heterocycles. The fraction of sp³-hybridized carbons (Fsp3) is 0.357. The average Bonchev–Trinajstić information content (AvgIpc) is 2.92. The molecule has 1 aliphatic carbocycles. The molecule has 2 rings (SSSR count). The number of carbonyl (C=O) groups is 1. The number of hydrazone groups is 1. The molecule has 0 radical (unpaired) electrons. The lowest BCUT2D eigenvalue weighted by molar-refractivity contribution is 0.0697. The Labute approximate surface area is 123 Å². The molecule has 1 fully saturated rings. The molecule has 3 N–H and O–H groups in total. The smallest absolute Gasteiger partial charge is 0.335 e. The van der Waals surface area contributed by atoms with Crippen molar-refractivity contribution >= 4 is 29.5 Å². The summed E-state index contributed by atoms with van der Waals surface area (Å²) >= 11 is 5.14. The Morgan fingerprint density at radius 3 is 2.85 bits per heavy atom. The second-order valence-electron chi connectivity index (χ2n) is 4.76. The van der Waals surface area contributed by atoms with E-state index in [4.69, 9.17) is 17.3 Å². The minimum Gasteiger partial charge on any atom is -0.478 e. The summed E-state index contributed by atoms with van der Waals surface area (Å²) in [6, 6.07) is 7.01. The van der Waals surface area contributed by atoms with Gasteiger partial charge in [0, 0.05) is 6.04 Å². The molecular formula is C14H17N3O2S. The van der Waals surface area contributed by atoms with E-state index >= 15 is 0 Å². The highest BCUT2D eigenvalue weighted by atomic mass is 32.1. The molecule has 5 nitrogen and oxygen atoms in total. The van der Waals surface area contributed by atoms with Gasteiger partial charge in [0.15, 0.2) is 5.11 Å². The zero-order valence-corrected chi connectivity index (χ0v) is 11.8. The van der Waals surface area contributed by atoms with Gasteiger partial charge in [0.25, 0.3) is 0 Å². The number of thiocarbonyl (C=S) groups is 1. The van der Waals surface area contributed by atoms with Gasteiger partial charge >= 0.3 is 5.97 Å². The molecule has 0 unspecified atom stereocenters. The predicted octanol–water partition coefficient (Wildman–Crippen LogP) is 2.13. The molecule has 106 valence electrons. The van der Waals surface area contributed by atoms with Crippen LogP contribution < -0.4 is 10.7 Å². The Bertz CT molecular complexity index is 525. The summed E-state index contributed by atoms with van der Waals surface area (Å²) in [7, 11) is 0. The van der Waals surface area contributed by atoms with Crippen LogP contribution in [0.4, 0.5) is 0 Å². The van der Waals surface area contributed by atoms with Crippen molar-refractivity contribution in [2.24, 2.45) is 5.10 Å². The van der Waals surface area contributed by atoms with Crippen molar-refractivity contribution in [3.63, 3.8) is 0 Å². The van der Waals surface area contributed by atoms with E-state index in [0.29, 0.717) is 16.7 Å². The van der Waals surface area contributed by atoms with E-state index in [1.165, 1.54) is 12.8 Å². The SMILES string of the molecule is O=C(O)c1cccc(/C=N/NC(=S)NC2CCCC2)c1. The highest BCUT2D eigenvalue weighted by Gasteiger charge is 2.14. The van der Waals surface area contributed by atoms with Crippen LogP contribution in [0.1, 0.15) is 41.6 Å². The molecule has 0 spiro atoms. The van der Waals surface area contributed by atoms with E-state index in [1.54, 1.807) is 30.5 Å². The first-order valence-corrected chi connectivity index (χ1v) is 6.99. The van der Waals surface area contributed by atoms with E-state index in [1.807, 2.05) is 0 Å². The van der Waals surface area contributed by atoms with Crippen molar-refractivity contribution in [1.82, 2.24) is 10.7 Å². The molecule has 0 aromatic heterocycles. The summed E-state index contributed by atoms with van der Waals surface area (Å²) in [6.45, 7) is 0. The fourth-order valence-corrected chi connectivity index (χ4v) is 2.42. The maximum absolute atomic E-state index is 10.8. The maximum atomic E-state index is 10.8. The van der Waals surface area contributed by atoms with Crippen LogP contribution in [-0.4, -0.2) is 28.4 Å². The molecule has 0 heterocycles. The van der Waals surface area contributed by atoms with E-state index < -0.39 is 5.97 Å². The Balaban J connectivity index is 1.84. The van der Waals surface area contributed by atoms with Crippen molar-refractivity contribution in [1.29, 1.82) is 0 Å². The van der Waals surface area contributed by atoms with Gasteiger partial charge in [-0.15, -0.1) is 0 Å². The van der Waals surface area contributed by atoms with Gasteiger partial charge in [-0.05, 0) is 42.8 Å². The molecule has 6 heteroatoms. The van der Waals surface area contributed by atoms with Gasteiger partial charge in [-0.2, -0.15) is 5.10 Å². The molecular weight excluding hydrogens is 274 g/mol. The van der Waals surface area contributed by atoms with Crippen LogP contribution in [0.25, 0.3) is 0 Å². The molecule has 1 aliphatic rings. The van der Waals surface area contributed by atoms with Crippen LogP contribution in [0.3, 0.4) is 0 Å². The second-order valence-corrected chi connectivity index (χ2v) is 5.16. The summed E-state index contributed by atoms with van der Waals surface area (Å²) in [5, 5.41) is 16.6. The summed E-state index contributed by atoms with van der Waals surface area (Å²) in [6.07, 6.45) is 6.32. The first-order valence-electron chi connectivity index (χ1n) is 6.58. The molecule has 20 heavy (non-hydrogen) atoms. The average molecular weight is 291 g/mol. The molecule has 1 aromatic carbocycles. The molecule has 0 aliphatic heterocycles. The van der Waals surface area contributed by atoms with Gasteiger partial charge in [0.1, 0.15) is 0 Å². The Morgan fingerprint density at radius 1 is 1.40 bits per heavy atom. The molecule has 1 saturated carbocycles. The van der Waals surface area contributed by atoms with Crippen molar-refractivity contribution in [2.45, 2.75) is 31.7 Å². The van der Waals surface area contributed by atoms with Crippen LogP contribution in [-0.2, 0) is 0 Å². The van der Waals surface area contributed by atoms with Gasteiger partial charge < -0.3 is 10.4 Å². The van der Waals surface area contributed by atoms with Crippen molar-refractivity contribution in [3.8, 4) is 0 Å². The number of nitrogens with one attached hydrogen (secondary N) is 2.